The molecule has 0 spiro atoms. The smallest absolute Gasteiger partial charge is 0.173 e. The number of aromatic hydroxyl groups is 3. The molecule has 0 heterocycles. The van der Waals surface area contributed by atoms with Gasteiger partial charge in [0.15, 0.2) is 5.78 Å². The van der Waals surface area contributed by atoms with Crippen molar-refractivity contribution < 1.29 is 20.1 Å². The highest BCUT2D eigenvalue weighted by molar-refractivity contribution is 6.03. The topological polar surface area (TPSA) is 77.8 Å². The summed E-state index contributed by atoms with van der Waals surface area (Å²) in [7, 11) is 0. The van der Waals surface area contributed by atoms with E-state index in [4.69, 9.17) is 0 Å². The number of ketones is 1. The maximum absolute atomic E-state index is 12.1. The van der Waals surface area contributed by atoms with Crippen molar-refractivity contribution in [2.75, 3.05) is 0 Å². The van der Waals surface area contributed by atoms with Crippen LogP contribution in [-0.4, -0.2) is 21.1 Å². The summed E-state index contributed by atoms with van der Waals surface area (Å²) in [6, 6.07) is 1.13. The lowest BCUT2D eigenvalue weighted by Gasteiger charge is -2.15. The van der Waals surface area contributed by atoms with E-state index in [0.717, 1.165) is 12.5 Å². The Morgan fingerprint density at radius 3 is 2.33 bits per heavy atom. The van der Waals surface area contributed by atoms with Gasteiger partial charge in [-0.2, -0.15) is 0 Å². The number of phenolic OH excluding ortho intramolecular Hbond substituents is 3. The van der Waals surface area contributed by atoms with Crippen LogP contribution in [0.2, 0.25) is 0 Å². The molecule has 0 fully saturated rings. The molecule has 100 valence electrons. The number of Topliss-reactive ketones (excluding diaryl/α,β-unsaturated/α-hetero) is 1. The molecule has 1 rings (SSSR count). The van der Waals surface area contributed by atoms with Gasteiger partial charge in [-0.25, -0.2) is 0 Å². The van der Waals surface area contributed by atoms with Crippen LogP contribution in [0, 0.1) is 5.92 Å². The lowest BCUT2D eigenvalue weighted by Crippen LogP contribution is -2.11. The van der Waals surface area contributed by atoms with Crippen LogP contribution in [0.3, 0.4) is 0 Å². The minimum absolute atomic E-state index is 0.0781. The Morgan fingerprint density at radius 1 is 1.22 bits per heavy atom. The quantitative estimate of drug-likeness (QED) is 0.704. The van der Waals surface area contributed by atoms with E-state index in [-0.39, 0.29) is 34.5 Å². The highest BCUT2D eigenvalue weighted by Crippen LogP contribution is 2.39. The number of hydrogen-bond acceptors (Lipinski definition) is 4. The van der Waals surface area contributed by atoms with Crippen molar-refractivity contribution in [2.45, 2.75) is 40.0 Å². The summed E-state index contributed by atoms with van der Waals surface area (Å²) < 4.78 is 0. The molecular weight excluding hydrogens is 232 g/mol. The predicted molar refractivity (Wildman–Crippen MR) is 69.2 cm³/mol. The summed E-state index contributed by atoms with van der Waals surface area (Å²) in [5.41, 5.74) is 0.243. The summed E-state index contributed by atoms with van der Waals surface area (Å²) in [6.45, 7) is 5.51. The molecule has 1 atom stereocenters. The third-order valence-electron chi connectivity index (χ3n) is 3.17. The van der Waals surface area contributed by atoms with Crippen LogP contribution in [0.1, 0.15) is 49.5 Å². The second-order valence-electron chi connectivity index (χ2n) is 4.54. The maximum atomic E-state index is 12.1. The minimum atomic E-state index is -0.366. The van der Waals surface area contributed by atoms with Crippen LogP contribution in [0.25, 0.3) is 0 Å². The standard InChI is InChI=1S/C14H20O4/c1-4-6-9-10(15)7-11(16)12(14(9)18)13(17)8(3)5-2/h7-8,15-16,18H,4-6H2,1-3H3. The van der Waals surface area contributed by atoms with Gasteiger partial charge in [0.25, 0.3) is 0 Å². The van der Waals surface area contributed by atoms with E-state index in [9.17, 15) is 20.1 Å². The first-order valence-electron chi connectivity index (χ1n) is 6.24. The molecule has 1 aromatic rings. The molecule has 0 bridgehead atoms. The van der Waals surface area contributed by atoms with Crippen LogP contribution in [0.5, 0.6) is 17.2 Å². The molecular formula is C14H20O4. The largest absolute Gasteiger partial charge is 0.507 e. The van der Waals surface area contributed by atoms with Crippen molar-refractivity contribution in [3.8, 4) is 17.2 Å². The van der Waals surface area contributed by atoms with Gasteiger partial charge in [-0.3, -0.25) is 4.79 Å². The van der Waals surface area contributed by atoms with Gasteiger partial charge in [0.1, 0.15) is 22.8 Å². The van der Waals surface area contributed by atoms with Crippen molar-refractivity contribution in [1.29, 1.82) is 0 Å². The molecule has 1 aromatic carbocycles. The van der Waals surface area contributed by atoms with Crippen molar-refractivity contribution in [2.24, 2.45) is 5.92 Å². The first kappa shape index (κ1) is 14.4. The molecule has 4 nitrogen and oxygen atoms in total. The molecule has 0 saturated heterocycles. The van der Waals surface area contributed by atoms with Gasteiger partial charge < -0.3 is 15.3 Å². The fraction of sp³-hybridized carbons (Fsp3) is 0.500. The van der Waals surface area contributed by atoms with Crippen LogP contribution in [0.4, 0.5) is 0 Å². The molecule has 0 aliphatic heterocycles. The highest BCUT2D eigenvalue weighted by Gasteiger charge is 2.25. The number of hydrogen-bond donors (Lipinski definition) is 3. The molecule has 0 amide bonds. The molecule has 0 radical (unpaired) electrons. The van der Waals surface area contributed by atoms with E-state index in [1.807, 2.05) is 13.8 Å². The number of rotatable bonds is 5. The molecule has 1 unspecified atom stereocenters. The van der Waals surface area contributed by atoms with Crippen molar-refractivity contribution in [3.63, 3.8) is 0 Å². The first-order chi connectivity index (χ1) is 8.43. The minimum Gasteiger partial charge on any atom is -0.507 e. The van der Waals surface area contributed by atoms with E-state index >= 15 is 0 Å². The second-order valence-corrected chi connectivity index (χ2v) is 4.54. The van der Waals surface area contributed by atoms with E-state index < -0.39 is 0 Å². The van der Waals surface area contributed by atoms with Crippen molar-refractivity contribution >= 4 is 5.78 Å². The van der Waals surface area contributed by atoms with E-state index in [1.165, 1.54) is 0 Å². The van der Waals surface area contributed by atoms with Gasteiger partial charge in [-0.05, 0) is 12.8 Å². The fourth-order valence-electron chi connectivity index (χ4n) is 1.85. The predicted octanol–water partition coefficient (Wildman–Crippen LogP) is 2.98. The average molecular weight is 252 g/mol. The van der Waals surface area contributed by atoms with E-state index in [2.05, 4.69) is 0 Å². The molecule has 0 aliphatic rings. The van der Waals surface area contributed by atoms with Gasteiger partial charge >= 0.3 is 0 Å². The Bertz CT molecular complexity index is 452. The summed E-state index contributed by atoms with van der Waals surface area (Å²) in [4.78, 5) is 12.1. The molecule has 0 aliphatic carbocycles. The third-order valence-corrected chi connectivity index (χ3v) is 3.17. The van der Waals surface area contributed by atoms with Crippen LogP contribution >= 0.6 is 0 Å². The second kappa shape index (κ2) is 5.76. The van der Waals surface area contributed by atoms with Crippen LogP contribution in [0.15, 0.2) is 6.07 Å². The number of benzene rings is 1. The number of phenols is 3. The van der Waals surface area contributed by atoms with E-state index in [0.29, 0.717) is 18.4 Å². The molecule has 3 N–H and O–H groups in total. The molecule has 18 heavy (non-hydrogen) atoms. The van der Waals surface area contributed by atoms with Gasteiger partial charge in [0, 0.05) is 17.5 Å². The first-order valence-corrected chi connectivity index (χ1v) is 6.24. The zero-order valence-electron chi connectivity index (χ0n) is 11.0. The number of carbonyl (C=O) groups excluding carboxylic acids is 1. The average Bonchev–Trinajstić information content (AvgIpc) is 2.32. The zero-order valence-corrected chi connectivity index (χ0v) is 11.0. The maximum Gasteiger partial charge on any atom is 0.173 e. The lowest BCUT2D eigenvalue weighted by atomic mass is 9.92. The normalized spacial score (nSPS) is 12.4. The van der Waals surface area contributed by atoms with Crippen LogP contribution < -0.4 is 0 Å². The Morgan fingerprint density at radius 2 is 1.83 bits per heavy atom. The summed E-state index contributed by atoms with van der Waals surface area (Å²) in [5, 5.41) is 29.5. The Hall–Kier alpha value is -1.71. The van der Waals surface area contributed by atoms with Gasteiger partial charge in [0.2, 0.25) is 0 Å². The highest BCUT2D eigenvalue weighted by atomic mass is 16.3. The molecule has 0 aromatic heterocycles. The van der Waals surface area contributed by atoms with Crippen molar-refractivity contribution in [1.82, 2.24) is 0 Å². The van der Waals surface area contributed by atoms with Gasteiger partial charge in [-0.1, -0.05) is 27.2 Å². The summed E-state index contributed by atoms with van der Waals surface area (Å²) >= 11 is 0. The number of carbonyl (C=O) groups is 1. The summed E-state index contributed by atoms with van der Waals surface area (Å²) in [6.07, 6.45) is 1.81. The zero-order chi connectivity index (χ0) is 13.9. The fourth-order valence-corrected chi connectivity index (χ4v) is 1.85. The molecule has 4 heteroatoms. The van der Waals surface area contributed by atoms with E-state index in [1.54, 1.807) is 6.92 Å². The Kier molecular flexibility index (Phi) is 4.59. The lowest BCUT2D eigenvalue weighted by molar-refractivity contribution is 0.0921. The molecule has 0 saturated carbocycles. The summed E-state index contributed by atoms with van der Waals surface area (Å²) in [5.74, 6) is -1.41. The Balaban J connectivity index is 3.35. The third kappa shape index (κ3) is 2.58. The van der Waals surface area contributed by atoms with Gasteiger partial charge in [0.05, 0.1) is 0 Å². The van der Waals surface area contributed by atoms with Crippen LogP contribution in [-0.2, 0) is 6.42 Å². The monoisotopic (exact) mass is 252 g/mol. The Labute approximate surface area is 107 Å². The van der Waals surface area contributed by atoms with Crippen molar-refractivity contribution in [3.05, 3.63) is 17.2 Å². The van der Waals surface area contributed by atoms with Gasteiger partial charge in [-0.15, -0.1) is 0 Å². The SMILES string of the molecule is CCCc1c(O)cc(O)c(C(=O)C(C)CC)c1O.